The van der Waals surface area contributed by atoms with E-state index in [2.05, 4.69) is 40.3 Å². The Morgan fingerprint density at radius 2 is 1.76 bits per heavy atom. The molecule has 2 aromatic carbocycles. The number of nitrogens with zero attached hydrogens (tertiary/aromatic N) is 3. The summed E-state index contributed by atoms with van der Waals surface area (Å²) in [4.78, 5) is 4.24. The Morgan fingerprint density at radius 3 is 2.60 bits per heavy atom. The lowest BCUT2D eigenvalue weighted by atomic mass is 9.96. The number of pyridine rings is 1. The van der Waals surface area contributed by atoms with Crippen LogP contribution >= 0.6 is 0 Å². The maximum absolute atomic E-state index is 6.32. The zero-order valence-electron chi connectivity index (χ0n) is 13.6. The van der Waals surface area contributed by atoms with Crippen LogP contribution in [0.5, 0.6) is 5.75 Å². The lowest BCUT2D eigenvalue weighted by molar-refractivity contribution is -0.0190. The molecular formula is C21H17N3O. The van der Waals surface area contributed by atoms with Gasteiger partial charge in [0.15, 0.2) is 0 Å². The van der Waals surface area contributed by atoms with E-state index in [4.69, 9.17) is 9.84 Å². The standard InChI is InChI=1S/C21H17N3O/c1-2-7-15(8-3-1)21-24-19(17-10-4-5-11-20(17)25-21)13-18(23-24)16-9-6-12-22-14-16/h1-12,14,19,21H,13H2. The second-order valence-corrected chi connectivity index (χ2v) is 6.31. The number of hydrogen-bond acceptors (Lipinski definition) is 4. The van der Waals surface area contributed by atoms with Crippen molar-refractivity contribution in [1.29, 1.82) is 0 Å². The largest absolute Gasteiger partial charge is 0.464 e. The summed E-state index contributed by atoms with van der Waals surface area (Å²) in [7, 11) is 0. The Kier molecular flexibility index (Phi) is 3.27. The fourth-order valence-corrected chi connectivity index (χ4v) is 3.58. The van der Waals surface area contributed by atoms with Crippen molar-refractivity contribution in [1.82, 2.24) is 9.99 Å². The number of hydrogen-bond donors (Lipinski definition) is 0. The van der Waals surface area contributed by atoms with Crippen molar-refractivity contribution < 1.29 is 4.74 Å². The van der Waals surface area contributed by atoms with Gasteiger partial charge in [0.05, 0.1) is 11.8 Å². The van der Waals surface area contributed by atoms with E-state index >= 15 is 0 Å². The summed E-state index contributed by atoms with van der Waals surface area (Å²) in [6.07, 6.45) is 4.31. The monoisotopic (exact) mass is 327 g/mol. The number of ether oxygens (including phenoxy) is 1. The van der Waals surface area contributed by atoms with E-state index in [1.807, 2.05) is 42.6 Å². The van der Waals surface area contributed by atoms with Crippen LogP contribution in [0, 0.1) is 0 Å². The molecule has 2 aliphatic rings. The highest BCUT2D eigenvalue weighted by Crippen LogP contribution is 2.47. The maximum Gasteiger partial charge on any atom is 0.213 e. The third kappa shape index (κ3) is 2.38. The molecule has 0 bridgehead atoms. The molecule has 0 saturated carbocycles. The number of benzene rings is 2. The Hall–Kier alpha value is -3.14. The van der Waals surface area contributed by atoms with Crippen LogP contribution in [0.25, 0.3) is 0 Å². The molecule has 122 valence electrons. The zero-order chi connectivity index (χ0) is 16.6. The second-order valence-electron chi connectivity index (χ2n) is 6.31. The van der Waals surface area contributed by atoms with Gasteiger partial charge < -0.3 is 4.74 Å². The van der Waals surface area contributed by atoms with Gasteiger partial charge in [-0.1, -0.05) is 54.6 Å². The predicted octanol–water partition coefficient (Wildman–Crippen LogP) is 4.32. The summed E-state index contributed by atoms with van der Waals surface area (Å²) in [6.45, 7) is 0. The highest BCUT2D eigenvalue weighted by Gasteiger charge is 2.40. The molecule has 25 heavy (non-hydrogen) atoms. The van der Waals surface area contributed by atoms with Crippen molar-refractivity contribution in [3.63, 3.8) is 0 Å². The number of para-hydroxylation sites is 1. The first-order chi connectivity index (χ1) is 12.4. The Labute approximate surface area is 146 Å². The smallest absolute Gasteiger partial charge is 0.213 e. The summed E-state index contributed by atoms with van der Waals surface area (Å²) in [5, 5.41) is 7.02. The first kappa shape index (κ1) is 14.2. The van der Waals surface area contributed by atoms with Crippen molar-refractivity contribution >= 4 is 5.71 Å². The molecule has 1 aromatic heterocycles. The molecule has 0 amide bonds. The molecule has 0 saturated heterocycles. The van der Waals surface area contributed by atoms with Crippen molar-refractivity contribution in [3.05, 3.63) is 95.8 Å². The minimum Gasteiger partial charge on any atom is -0.464 e. The molecule has 0 aliphatic carbocycles. The van der Waals surface area contributed by atoms with Gasteiger partial charge in [0.2, 0.25) is 6.23 Å². The average Bonchev–Trinajstić information content (AvgIpc) is 3.14. The van der Waals surface area contributed by atoms with Crippen LogP contribution in [0.2, 0.25) is 0 Å². The Bertz CT molecular complexity index is 924. The van der Waals surface area contributed by atoms with Crippen molar-refractivity contribution in [2.24, 2.45) is 5.10 Å². The summed E-state index contributed by atoms with van der Waals surface area (Å²) >= 11 is 0. The van der Waals surface area contributed by atoms with Crippen LogP contribution in [-0.4, -0.2) is 15.7 Å². The van der Waals surface area contributed by atoms with E-state index in [9.17, 15) is 0 Å². The molecule has 0 fully saturated rings. The van der Waals surface area contributed by atoms with Crippen molar-refractivity contribution in [2.45, 2.75) is 18.7 Å². The normalized spacial score (nSPS) is 21.1. The van der Waals surface area contributed by atoms with Gasteiger partial charge >= 0.3 is 0 Å². The summed E-state index contributed by atoms with van der Waals surface area (Å²) < 4.78 is 6.32. The van der Waals surface area contributed by atoms with Gasteiger partial charge in [-0.05, 0) is 12.1 Å². The number of hydrazone groups is 1. The van der Waals surface area contributed by atoms with Gasteiger partial charge in [0, 0.05) is 35.5 Å². The van der Waals surface area contributed by atoms with Crippen LogP contribution in [0.15, 0.2) is 84.2 Å². The lowest BCUT2D eigenvalue weighted by Gasteiger charge is -2.38. The highest BCUT2D eigenvalue weighted by atomic mass is 16.5. The van der Waals surface area contributed by atoms with E-state index in [1.54, 1.807) is 6.20 Å². The summed E-state index contributed by atoms with van der Waals surface area (Å²) in [5.74, 6) is 0.945. The SMILES string of the molecule is c1ccc(C2Oc3ccccc3C3CC(c4cccnc4)=NN32)cc1. The van der Waals surface area contributed by atoms with Crippen LogP contribution in [0.3, 0.4) is 0 Å². The minimum absolute atomic E-state index is 0.186. The highest BCUT2D eigenvalue weighted by molar-refractivity contribution is 6.01. The van der Waals surface area contributed by atoms with Crippen molar-refractivity contribution in [2.75, 3.05) is 0 Å². The second kappa shape index (κ2) is 5.74. The van der Waals surface area contributed by atoms with E-state index in [0.717, 1.165) is 29.0 Å². The van der Waals surface area contributed by atoms with E-state index < -0.39 is 0 Å². The Morgan fingerprint density at radius 1 is 0.920 bits per heavy atom. The predicted molar refractivity (Wildman–Crippen MR) is 96.2 cm³/mol. The molecule has 2 atom stereocenters. The molecule has 5 rings (SSSR count). The average molecular weight is 327 g/mol. The third-order valence-electron chi connectivity index (χ3n) is 4.78. The molecule has 4 nitrogen and oxygen atoms in total. The molecule has 2 unspecified atom stereocenters. The first-order valence-electron chi connectivity index (χ1n) is 8.47. The van der Waals surface area contributed by atoms with E-state index in [0.29, 0.717) is 0 Å². The van der Waals surface area contributed by atoms with Crippen molar-refractivity contribution in [3.8, 4) is 5.75 Å². The number of fused-ring (bicyclic) bond motifs is 3. The molecular weight excluding hydrogens is 310 g/mol. The van der Waals surface area contributed by atoms with Gasteiger partial charge in [-0.3, -0.25) is 4.98 Å². The number of rotatable bonds is 2. The lowest BCUT2D eigenvalue weighted by Crippen LogP contribution is -2.33. The molecule has 0 radical (unpaired) electrons. The Balaban J connectivity index is 1.61. The van der Waals surface area contributed by atoms with Crippen LogP contribution in [-0.2, 0) is 0 Å². The van der Waals surface area contributed by atoms with Crippen LogP contribution < -0.4 is 4.74 Å². The molecule has 2 aliphatic heterocycles. The topological polar surface area (TPSA) is 37.7 Å². The summed E-state index contributed by atoms with van der Waals surface area (Å²) in [6, 6.07) is 22.7. The molecule has 4 heteroatoms. The fourth-order valence-electron chi connectivity index (χ4n) is 3.58. The van der Waals surface area contributed by atoms with Gasteiger partial charge in [-0.15, -0.1) is 0 Å². The van der Waals surface area contributed by atoms with Gasteiger partial charge in [0.1, 0.15) is 5.75 Å². The van der Waals surface area contributed by atoms with Gasteiger partial charge in [-0.2, -0.15) is 5.10 Å². The molecule has 0 spiro atoms. The van der Waals surface area contributed by atoms with Gasteiger partial charge in [-0.25, -0.2) is 5.01 Å². The molecule has 3 heterocycles. The quantitative estimate of drug-likeness (QED) is 0.703. The van der Waals surface area contributed by atoms with E-state index in [1.165, 1.54) is 5.56 Å². The van der Waals surface area contributed by atoms with E-state index in [-0.39, 0.29) is 12.3 Å². The first-order valence-corrected chi connectivity index (χ1v) is 8.47. The molecule has 0 N–H and O–H groups in total. The van der Waals surface area contributed by atoms with Crippen LogP contribution in [0.1, 0.15) is 35.4 Å². The van der Waals surface area contributed by atoms with Crippen LogP contribution in [0.4, 0.5) is 0 Å². The number of aromatic nitrogens is 1. The zero-order valence-corrected chi connectivity index (χ0v) is 13.6. The summed E-state index contributed by atoms with van der Waals surface area (Å²) in [5.41, 5.74) is 4.43. The maximum atomic E-state index is 6.32. The molecule has 3 aromatic rings. The van der Waals surface area contributed by atoms with Gasteiger partial charge in [0.25, 0.3) is 0 Å². The minimum atomic E-state index is -0.213. The fraction of sp³-hybridized carbons (Fsp3) is 0.143. The third-order valence-corrected chi connectivity index (χ3v) is 4.78.